The van der Waals surface area contributed by atoms with Crippen molar-refractivity contribution in [1.29, 1.82) is 0 Å². The first-order valence-electron chi connectivity index (χ1n) is 6.40. The quantitative estimate of drug-likeness (QED) is 0.579. The highest BCUT2D eigenvalue weighted by Crippen LogP contribution is 2.02. The molecular weight excluding hydrogens is 218 g/mol. The van der Waals surface area contributed by atoms with Gasteiger partial charge in [-0.25, -0.2) is 0 Å². The van der Waals surface area contributed by atoms with Crippen LogP contribution in [0.15, 0.2) is 0 Å². The Balaban J connectivity index is 3.90. The van der Waals surface area contributed by atoms with Crippen molar-refractivity contribution in [2.45, 2.75) is 39.5 Å². The summed E-state index contributed by atoms with van der Waals surface area (Å²) in [6.07, 6.45) is 3.28. The predicted octanol–water partition coefficient (Wildman–Crippen LogP) is 0.490. The van der Waals surface area contributed by atoms with E-state index in [1.54, 1.807) is 4.90 Å². The molecule has 0 radical (unpaired) electrons. The van der Waals surface area contributed by atoms with E-state index in [2.05, 4.69) is 5.32 Å². The lowest BCUT2D eigenvalue weighted by atomic mass is 10.2. The van der Waals surface area contributed by atoms with Crippen molar-refractivity contribution in [2.75, 3.05) is 26.2 Å². The van der Waals surface area contributed by atoms with Crippen molar-refractivity contribution in [2.24, 2.45) is 5.73 Å². The summed E-state index contributed by atoms with van der Waals surface area (Å²) < 4.78 is 0. The van der Waals surface area contributed by atoms with Crippen LogP contribution in [-0.4, -0.2) is 42.9 Å². The van der Waals surface area contributed by atoms with Crippen molar-refractivity contribution < 1.29 is 9.59 Å². The molecule has 0 aliphatic heterocycles. The Hall–Kier alpha value is -1.10. The van der Waals surface area contributed by atoms with E-state index in [0.29, 0.717) is 26.1 Å². The summed E-state index contributed by atoms with van der Waals surface area (Å²) in [4.78, 5) is 24.8. The molecule has 0 heterocycles. The third-order valence-electron chi connectivity index (χ3n) is 2.54. The number of hydrogen-bond donors (Lipinski definition) is 2. The number of nitrogens with one attached hydrogen (secondary N) is 1. The highest BCUT2D eigenvalue weighted by atomic mass is 16.2. The number of hydrogen-bond acceptors (Lipinski definition) is 3. The second-order valence-corrected chi connectivity index (χ2v) is 3.96. The van der Waals surface area contributed by atoms with Crippen LogP contribution in [-0.2, 0) is 9.59 Å². The van der Waals surface area contributed by atoms with Gasteiger partial charge in [0, 0.05) is 19.5 Å². The highest BCUT2D eigenvalue weighted by molar-refractivity contribution is 5.84. The molecule has 100 valence electrons. The van der Waals surface area contributed by atoms with Crippen molar-refractivity contribution in [3.8, 4) is 0 Å². The normalized spacial score (nSPS) is 10.1. The van der Waals surface area contributed by atoms with E-state index in [1.165, 1.54) is 0 Å². The predicted molar refractivity (Wildman–Crippen MR) is 68.5 cm³/mol. The van der Waals surface area contributed by atoms with E-state index < -0.39 is 0 Å². The molecule has 0 atom stereocenters. The molecule has 0 rings (SSSR count). The molecule has 0 aromatic heterocycles. The van der Waals surface area contributed by atoms with E-state index in [1.807, 2.05) is 13.8 Å². The maximum absolute atomic E-state index is 11.8. The molecule has 0 aromatic carbocycles. The number of amides is 2. The first kappa shape index (κ1) is 15.9. The van der Waals surface area contributed by atoms with Gasteiger partial charge in [0.15, 0.2) is 0 Å². The van der Waals surface area contributed by atoms with Crippen molar-refractivity contribution in [1.82, 2.24) is 10.2 Å². The summed E-state index contributed by atoms with van der Waals surface area (Å²) in [6, 6.07) is 0. The second-order valence-electron chi connectivity index (χ2n) is 3.96. The van der Waals surface area contributed by atoms with E-state index in [9.17, 15) is 9.59 Å². The summed E-state index contributed by atoms with van der Waals surface area (Å²) >= 11 is 0. The molecule has 0 aliphatic rings. The van der Waals surface area contributed by atoms with Crippen LogP contribution in [0.25, 0.3) is 0 Å². The Morgan fingerprint density at radius 3 is 2.41 bits per heavy atom. The third kappa shape index (κ3) is 7.74. The molecule has 5 nitrogen and oxygen atoms in total. The fraction of sp³-hybridized carbons (Fsp3) is 0.833. The molecule has 17 heavy (non-hydrogen) atoms. The van der Waals surface area contributed by atoms with Gasteiger partial charge in [-0.1, -0.05) is 6.42 Å². The SMILES string of the molecule is CCNC(=O)CN(CC)C(=O)CCCCCN. The minimum Gasteiger partial charge on any atom is -0.355 e. The van der Waals surface area contributed by atoms with Crippen molar-refractivity contribution >= 4 is 11.8 Å². The molecule has 0 saturated carbocycles. The zero-order chi connectivity index (χ0) is 13.1. The number of nitrogens with two attached hydrogens (primary N) is 1. The van der Waals surface area contributed by atoms with Crippen LogP contribution in [0.5, 0.6) is 0 Å². The molecule has 0 aliphatic carbocycles. The summed E-state index contributed by atoms with van der Waals surface area (Å²) in [7, 11) is 0. The molecule has 0 aromatic rings. The van der Waals surface area contributed by atoms with Gasteiger partial charge in [-0.3, -0.25) is 9.59 Å². The minimum atomic E-state index is -0.0929. The number of carbonyl (C=O) groups is 2. The molecule has 0 fully saturated rings. The van der Waals surface area contributed by atoms with Crippen molar-refractivity contribution in [3.63, 3.8) is 0 Å². The van der Waals surface area contributed by atoms with Crippen molar-refractivity contribution in [3.05, 3.63) is 0 Å². The Morgan fingerprint density at radius 1 is 1.18 bits per heavy atom. The fourth-order valence-electron chi connectivity index (χ4n) is 1.56. The van der Waals surface area contributed by atoms with E-state index >= 15 is 0 Å². The van der Waals surface area contributed by atoms with Crippen LogP contribution >= 0.6 is 0 Å². The maximum atomic E-state index is 11.8. The zero-order valence-corrected chi connectivity index (χ0v) is 11.0. The summed E-state index contributed by atoms with van der Waals surface area (Å²) in [5, 5.41) is 2.69. The summed E-state index contributed by atoms with van der Waals surface area (Å²) in [6.45, 7) is 5.76. The van der Waals surface area contributed by atoms with Crippen LogP contribution in [0.4, 0.5) is 0 Å². The van der Waals surface area contributed by atoms with Gasteiger partial charge < -0.3 is 16.0 Å². The number of unbranched alkanes of at least 4 members (excludes halogenated alkanes) is 2. The van der Waals surface area contributed by atoms with Gasteiger partial charge >= 0.3 is 0 Å². The van der Waals surface area contributed by atoms with Gasteiger partial charge in [-0.2, -0.15) is 0 Å². The smallest absolute Gasteiger partial charge is 0.239 e. The maximum Gasteiger partial charge on any atom is 0.239 e. The minimum absolute atomic E-state index is 0.0516. The Kier molecular flexibility index (Phi) is 9.43. The van der Waals surface area contributed by atoms with E-state index in [4.69, 9.17) is 5.73 Å². The monoisotopic (exact) mass is 243 g/mol. The Morgan fingerprint density at radius 2 is 1.88 bits per heavy atom. The van der Waals surface area contributed by atoms with Crippen LogP contribution in [0.2, 0.25) is 0 Å². The molecule has 0 saturated heterocycles. The van der Waals surface area contributed by atoms with Gasteiger partial charge in [-0.05, 0) is 33.2 Å². The lowest BCUT2D eigenvalue weighted by Gasteiger charge is -2.20. The molecule has 3 N–H and O–H groups in total. The third-order valence-corrected chi connectivity index (χ3v) is 2.54. The van der Waals surface area contributed by atoms with Gasteiger partial charge in [-0.15, -0.1) is 0 Å². The van der Waals surface area contributed by atoms with Gasteiger partial charge in [0.25, 0.3) is 0 Å². The molecule has 0 spiro atoms. The van der Waals surface area contributed by atoms with Crippen LogP contribution < -0.4 is 11.1 Å². The standard InChI is InChI=1S/C12H25N3O2/c1-3-14-11(16)10-15(4-2)12(17)8-6-5-7-9-13/h3-10,13H2,1-2H3,(H,14,16). The van der Waals surface area contributed by atoms with Gasteiger partial charge in [0.2, 0.25) is 11.8 Å². The van der Waals surface area contributed by atoms with E-state index in [-0.39, 0.29) is 18.4 Å². The Bertz CT molecular complexity index is 232. The molecule has 2 amide bonds. The first-order chi connectivity index (χ1) is 8.15. The van der Waals surface area contributed by atoms with Crippen LogP contribution in [0, 0.1) is 0 Å². The average Bonchev–Trinajstić information content (AvgIpc) is 2.31. The largest absolute Gasteiger partial charge is 0.355 e. The molecule has 0 unspecified atom stereocenters. The zero-order valence-electron chi connectivity index (χ0n) is 11.0. The topological polar surface area (TPSA) is 75.4 Å². The number of rotatable bonds is 9. The average molecular weight is 243 g/mol. The second kappa shape index (κ2) is 10.1. The Labute approximate surface area is 104 Å². The molecule has 5 heteroatoms. The lowest BCUT2D eigenvalue weighted by molar-refractivity contribution is -0.135. The summed E-state index contributed by atoms with van der Waals surface area (Å²) in [5.74, 6) is -0.0413. The first-order valence-corrected chi connectivity index (χ1v) is 6.40. The van der Waals surface area contributed by atoms with Gasteiger partial charge in [0.05, 0.1) is 6.54 Å². The number of carbonyl (C=O) groups excluding carboxylic acids is 2. The number of likely N-dealkylation sites (N-methyl/N-ethyl adjacent to an activating group) is 2. The highest BCUT2D eigenvalue weighted by Gasteiger charge is 2.14. The fourth-order valence-corrected chi connectivity index (χ4v) is 1.56. The van der Waals surface area contributed by atoms with Gasteiger partial charge in [0.1, 0.15) is 0 Å². The molecular formula is C12H25N3O2. The van der Waals surface area contributed by atoms with Crippen LogP contribution in [0.1, 0.15) is 39.5 Å². The molecule has 0 bridgehead atoms. The lowest BCUT2D eigenvalue weighted by Crippen LogP contribution is -2.40. The van der Waals surface area contributed by atoms with E-state index in [0.717, 1.165) is 19.3 Å². The summed E-state index contributed by atoms with van der Waals surface area (Å²) in [5.41, 5.74) is 5.38. The number of nitrogens with zero attached hydrogens (tertiary/aromatic N) is 1. The van der Waals surface area contributed by atoms with Crippen LogP contribution in [0.3, 0.4) is 0 Å².